The fourth-order valence-electron chi connectivity index (χ4n) is 2.63. The van der Waals surface area contributed by atoms with Gasteiger partial charge in [0.15, 0.2) is 5.92 Å². The molecule has 0 fully saturated rings. The molecule has 0 aromatic carbocycles. The summed E-state index contributed by atoms with van der Waals surface area (Å²) in [5, 5.41) is 0. The molecule has 1 unspecified atom stereocenters. The van der Waals surface area contributed by atoms with Gasteiger partial charge in [-0.15, -0.1) is 0 Å². The van der Waals surface area contributed by atoms with Gasteiger partial charge in [-0.25, -0.2) is 0 Å². The lowest BCUT2D eigenvalue weighted by atomic mass is 9.86. The summed E-state index contributed by atoms with van der Waals surface area (Å²) in [6.07, 6.45) is 7.78. The van der Waals surface area contributed by atoms with Crippen molar-refractivity contribution in [3.63, 3.8) is 0 Å². The molecule has 0 aliphatic carbocycles. The summed E-state index contributed by atoms with van der Waals surface area (Å²) in [4.78, 5) is 24.6. The van der Waals surface area contributed by atoms with Gasteiger partial charge in [-0.2, -0.15) is 0 Å². The lowest BCUT2D eigenvalue weighted by molar-refractivity contribution is -0.163. The maximum atomic E-state index is 12.3. The maximum absolute atomic E-state index is 12.3. The van der Waals surface area contributed by atoms with Crippen LogP contribution in [-0.2, 0) is 19.1 Å². The summed E-state index contributed by atoms with van der Waals surface area (Å²) < 4.78 is 10.2. The van der Waals surface area contributed by atoms with Crippen molar-refractivity contribution in [2.45, 2.75) is 67.2 Å². The first-order chi connectivity index (χ1) is 11.4. The van der Waals surface area contributed by atoms with Crippen LogP contribution in [0.15, 0.2) is 23.3 Å². The van der Waals surface area contributed by atoms with Gasteiger partial charge < -0.3 is 9.47 Å². The lowest BCUT2D eigenvalue weighted by Gasteiger charge is -2.22. The molecule has 1 atom stereocenters. The van der Waals surface area contributed by atoms with Gasteiger partial charge in [0.05, 0.1) is 13.2 Å². The zero-order valence-corrected chi connectivity index (χ0v) is 16.2. The second-order valence-corrected chi connectivity index (χ2v) is 6.27. The van der Waals surface area contributed by atoms with Crippen molar-refractivity contribution < 1.29 is 19.1 Å². The summed E-state index contributed by atoms with van der Waals surface area (Å²) in [5.41, 5.74) is 2.48. The fraction of sp³-hybridized carbons (Fsp3) is 0.700. The van der Waals surface area contributed by atoms with E-state index in [2.05, 4.69) is 32.9 Å². The highest BCUT2D eigenvalue weighted by atomic mass is 16.6. The highest BCUT2D eigenvalue weighted by Gasteiger charge is 2.35. The second-order valence-electron chi connectivity index (χ2n) is 6.27. The van der Waals surface area contributed by atoms with E-state index in [1.165, 1.54) is 11.1 Å². The quantitative estimate of drug-likeness (QED) is 0.307. The van der Waals surface area contributed by atoms with E-state index in [-0.39, 0.29) is 19.1 Å². The Morgan fingerprint density at radius 3 is 1.92 bits per heavy atom. The van der Waals surface area contributed by atoms with Crippen LogP contribution < -0.4 is 0 Å². The first-order valence-electron chi connectivity index (χ1n) is 9.01. The molecule has 0 saturated carbocycles. The van der Waals surface area contributed by atoms with Crippen molar-refractivity contribution in [1.82, 2.24) is 0 Å². The minimum Gasteiger partial charge on any atom is -0.465 e. The molecule has 0 aromatic rings. The lowest BCUT2D eigenvalue weighted by Crippen LogP contribution is -2.34. The number of ether oxygens (including phenoxy) is 2. The zero-order valence-electron chi connectivity index (χ0n) is 16.2. The van der Waals surface area contributed by atoms with Crippen LogP contribution in [0.4, 0.5) is 0 Å². The number of carbonyl (C=O) groups excluding carboxylic acids is 2. The first kappa shape index (κ1) is 22.4. The topological polar surface area (TPSA) is 52.6 Å². The molecule has 138 valence electrons. The van der Waals surface area contributed by atoms with E-state index in [1.807, 2.05) is 6.92 Å². The Balaban J connectivity index is 5.30. The van der Waals surface area contributed by atoms with Gasteiger partial charge in [-0.3, -0.25) is 9.59 Å². The Labute approximate surface area is 147 Å². The molecule has 0 aromatic heterocycles. The van der Waals surface area contributed by atoms with E-state index in [1.54, 1.807) is 13.8 Å². The highest BCUT2D eigenvalue weighted by molar-refractivity contribution is 5.95. The summed E-state index contributed by atoms with van der Waals surface area (Å²) in [6.45, 7) is 12.3. The van der Waals surface area contributed by atoms with Gasteiger partial charge in [-0.05, 0) is 53.9 Å². The monoisotopic (exact) mass is 338 g/mol. The van der Waals surface area contributed by atoms with Crippen LogP contribution in [0.3, 0.4) is 0 Å². The van der Waals surface area contributed by atoms with Crippen LogP contribution >= 0.6 is 0 Å². The average Bonchev–Trinajstić information content (AvgIpc) is 2.47. The Morgan fingerprint density at radius 2 is 1.50 bits per heavy atom. The van der Waals surface area contributed by atoms with Crippen molar-refractivity contribution in [3.8, 4) is 0 Å². The van der Waals surface area contributed by atoms with Crippen molar-refractivity contribution in [3.05, 3.63) is 23.3 Å². The van der Waals surface area contributed by atoms with E-state index < -0.39 is 17.9 Å². The van der Waals surface area contributed by atoms with E-state index in [0.717, 1.165) is 25.7 Å². The third kappa shape index (κ3) is 8.90. The molecule has 0 amide bonds. The summed E-state index contributed by atoms with van der Waals surface area (Å²) in [6, 6.07) is 0. The summed E-state index contributed by atoms with van der Waals surface area (Å²) in [5.74, 6) is -2.02. The standard InChI is InChI=1S/C20H34O4/c1-7-11-17(14-16(6)13-10-12-15(4)5)18(19(21)23-8-2)20(22)24-9-3/h12,14,17-18H,7-11,13H2,1-6H3/b16-14+. The summed E-state index contributed by atoms with van der Waals surface area (Å²) >= 11 is 0. The largest absolute Gasteiger partial charge is 0.465 e. The van der Waals surface area contributed by atoms with Gasteiger partial charge in [0.2, 0.25) is 0 Å². The van der Waals surface area contributed by atoms with Gasteiger partial charge >= 0.3 is 11.9 Å². The van der Waals surface area contributed by atoms with Crippen LogP contribution in [-0.4, -0.2) is 25.2 Å². The molecule has 4 nitrogen and oxygen atoms in total. The predicted octanol–water partition coefficient (Wildman–Crippen LogP) is 4.84. The van der Waals surface area contributed by atoms with Crippen molar-refractivity contribution in [1.29, 1.82) is 0 Å². The molecular formula is C20H34O4. The van der Waals surface area contributed by atoms with Gasteiger partial charge in [-0.1, -0.05) is 36.6 Å². The molecule has 0 heterocycles. The molecule has 0 N–H and O–H groups in total. The van der Waals surface area contributed by atoms with Crippen LogP contribution in [0.25, 0.3) is 0 Å². The molecule has 4 heteroatoms. The maximum Gasteiger partial charge on any atom is 0.320 e. The second kappa shape index (κ2) is 12.8. The van der Waals surface area contributed by atoms with Crippen LogP contribution in [0, 0.1) is 11.8 Å². The van der Waals surface area contributed by atoms with Gasteiger partial charge in [0.1, 0.15) is 0 Å². The Morgan fingerprint density at radius 1 is 0.958 bits per heavy atom. The molecule has 0 rings (SSSR count). The Bertz CT molecular complexity index is 427. The van der Waals surface area contributed by atoms with Crippen molar-refractivity contribution >= 4 is 11.9 Å². The van der Waals surface area contributed by atoms with E-state index >= 15 is 0 Å². The van der Waals surface area contributed by atoms with Crippen LogP contribution in [0.2, 0.25) is 0 Å². The first-order valence-corrected chi connectivity index (χ1v) is 9.01. The number of allylic oxidation sites excluding steroid dienone is 4. The molecule has 0 saturated heterocycles. The minimum absolute atomic E-state index is 0.181. The number of esters is 2. The molecule has 0 aliphatic rings. The highest BCUT2D eigenvalue weighted by Crippen LogP contribution is 2.25. The number of rotatable bonds is 11. The van der Waals surface area contributed by atoms with Crippen LogP contribution in [0.1, 0.15) is 67.2 Å². The number of hydrogen-bond donors (Lipinski definition) is 0. The van der Waals surface area contributed by atoms with E-state index in [9.17, 15) is 9.59 Å². The summed E-state index contributed by atoms with van der Waals surface area (Å²) in [7, 11) is 0. The minimum atomic E-state index is -0.872. The van der Waals surface area contributed by atoms with Gasteiger partial charge in [0.25, 0.3) is 0 Å². The molecule has 0 radical (unpaired) electrons. The zero-order chi connectivity index (χ0) is 18.5. The van der Waals surface area contributed by atoms with Crippen molar-refractivity contribution in [2.24, 2.45) is 11.8 Å². The third-order valence-electron chi connectivity index (χ3n) is 3.72. The number of hydrogen-bond acceptors (Lipinski definition) is 4. The Hall–Kier alpha value is -1.58. The SMILES string of the molecule is CCCC(/C=C(\C)CCC=C(C)C)C(C(=O)OCC)C(=O)OCC. The molecular weight excluding hydrogens is 304 g/mol. The molecule has 0 spiro atoms. The molecule has 0 bridgehead atoms. The Kier molecular flexibility index (Phi) is 12.0. The average molecular weight is 338 g/mol. The smallest absolute Gasteiger partial charge is 0.320 e. The van der Waals surface area contributed by atoms with Crippen molar-refractivity contribution in [2.75, 3.05) is 13.2 Å². The molecule has 0 aliphatic heterocycles. The van der Waals surface area contributed by atoms with E-state index in [4.69, 9.17) is 9.47 Å². The fourth-order valence-corrected chi connectivity index (χ4v) is 2.63. The van der Waals surface area contributed by atoms with E-state index in [0.29, 0.717) is 0 Å². The van der Waals surface area contributed by atoms with Gasteiger partial charge in [0, 0.05) is 5.92 Å². The van der Waals surface area contributed by atoms with Crippen LogP contribution in [0.5, 0.6) is 0 Å². The normalized spacial score (nSPS) is 12.7. The number of carbonyl (C=O) groups is 2. The molecule has 24 heavy (non-hydrogen) atoms. The predicted molar refractivity (Wildman–Crippen MR) is 97.6 cm³/mol. The third-order valence-corrected chi connectivity index (χ3v) is 3.72.